The zero-order valence-corrected chi connectivity index (χ0v) is 44.4. The molecule has 1 aliphatic carbocycles. The summed E-state index contributed by atoms with van der Waals surface area (Å²) in [5.74, 6) is -0.828. The second-order valence-electron chi connectivity index (χ2n) is 19.5. The van der Waals surface area contributed by atoms with Crippen molar-refractivity contribution in [3.8, 4) is 11.5 Å². The first kappa shape index (κ1) is 54.5. The van der Waals surface area contributed by atoms with Crippen molar-refractivity contribution in [1.29, 1.82) is 0 Å². The Balaban J connectivity index is 0.998. The predicted octanol–water partition coefficient (Wildman–Crippen LogP) is 8.95. The minimum atomic E-state index is -6.15. The highest BCUT2D eigenvalue weighted by atomic mass is 35.5. The van der Waals surface area contributed by atoms with E-state index in [4.69, 9.17) is 16.3 Å². The van der Waals surface area contributed by atoms with Crippen molar-refractivity contribution in [2.45, 2.75) is 67.8 Å². The number of hydrogen-bond acceptors (Lipinski definition) is 14. The number of H-pyrrole nitrogens is 1. The third-order valence-electron chi connectivity index (χ3n) is 13.6. The number of nitrogens with one attached hydrogen (secondary N) is 3. The highest BCUT2D eigenvalue weighted by Crippen LogP contribution is 2.44. The molecule has 8 rings (SSSR count). The molecule has 2 aliphatic heterocycles. The molecule has 0 bridgehead atoms. The largest absolute Gasteiger partial charge is 0.501 e. The summed E-state index contributed by atoms with van der Waals surface area (Å²) in [4.78, 5) is 37.2. The van der Waals surface area contributed by atoms with Crippen molar-refractivity contribution < 1.29 is 53.3 Å². The van der Waals surface area contributed by atoms with Crippen LogP contribution in [-0.2, 0) is 34.3 Å². The number of hydrogen-bond donors (Lipinski definition) is 3. The number of aromatic nitrogens is 2. The van der Waals surface area contributed by atoms with Crippen LogP contribution >= 0.6 is 11.6 Å². The number of piperazine rings is 1. The van der Waals surface area contributed by atoms with Gasteiger partial charge < -0.3 is 29.6 Å². The number of benzene rings is 3. The third kappa shape index (κ3) is 12.8. The van der Waals surface area contributed by atoms with Gasteiger partial charge in [-0.1, -0.05) is 43.2 Å². The van der Waals surface area contributed by atoms with Gasteiger partial charge >= 0.3 is 11.6 Å². The summed E-state index contributed by atoms with van der Waals surface area (Å²) in [6, 6.07) is 17.6. The van der Waals surface area contributed by atoms with Crippen LogP contribution in [0.2, 0.25) is 5.02 Å². The zero-order valence-electron chi connectivity index (χ0n) is 41.2. The van der Waals surface area contributed by atoms with Crippen LogP contribution < -0.4 is 19.7 Å². The Morgan fingerprint density at radius 3 is 2.35 bits per heavy atom. The summed E-state index contributed by atoms with van der Waals surface area (Å²) in [5, 5.41) is 4.15. The average molecular weight is 1100 g/mol. The van der Waals surface area contributed by atoms with Gasteiger partial charge in [0.2, 0.25) is 0 Å². The van der Waals surface area contributed by atoms with Gasteiger partial charge in [0.15, 0.2) is 0 Å². The quantitative estimate of drug-likeness (QED) is 0.0893. The lowest BCUT2D eigenvalue weighted by Gasteiger charge is -2.39. The van der Waals surface area contributed by atoms with Crippen LogP contribution in [0.25, 0.3) is 16.6 Å². The molecule has 2 amide bonds. The second kappa shape index (κ2) is 21.9. The molecule has 0 saturated carbocycles. The molecule has 1 atom stereocenters. The van der Waals surface area contributed by atoms with Gasteiger partial charge in [-0.25, -0.2) is 35.5 Å². The summed E-state index contributed by atoms with van der Waals surface area (Å²) in [5.41, 5.74) is -1.21. The molecule has 2 saturated heterocycles. The molecule has 4 heterocycles. The number of carbonyl (C=O) groups excluding carboxylic acids is 2. The first-order valence-corrected chi connectivity index (χ1v) is 29.1. The van der Waals surface area contributed by atoms with Crippen molar-refractivity contribution >= 4 is 81.2 Å². The summed E-state index contributed by atoms with van der Waals surface area (Å²) in [7, 11) is -12.9. The Labute approximate surface area is 434 Å². The summed E-state index contributed by atoms with van der Waals surface area (Å²) >= 11 is 6.24. The lowest BCUT2D eigenvalue weighted by molar-refractivity contribution is -0.0436. The van der Waals surface area contributed by atoms with E-state index in [1.165, 1.54) is 29.0 Å². The van der Waals surface area contributed by atoms with Crippen molar-refractivity contribution in [1.82, 2.24) is 24.5 Å². The maximum Gasteiger partial charge on any atom is 0.501 e. The number of nitrogens with zero attached hydrogens (tertiary/aromatic N) is 5. The fourth-order valence-corrected chi connectivity index (χ4v) is 13.3. The van der Waals surface area contributed by atoms with Crippen molar-refractivity contribution in [2.75, 3.05) is 81.2 Å². The van der Waals surface area contributed by atoms with E-state index >= 15 is 0 Å². The fourth-order valence-electron chi connectivity index (χ4n) is 9.31. The zero-order chi connectivity index (χ0) is 53.2. The number of amides is 2. The van der Waals surface area contributed by atoms with Gasteiger partial charge in [-0.3, -0.25) is 9.69 Å². The molecule has 2 fully saturated rings. The maximum atomic E-state index is 14.2. The summed E-state index contributed by atoms with van der Waals surface area (Å²) < 4.78 is 126. The molecule has 3 aromatic carbocycles. The number of sulfone groups is 1. The average Bonchev–Trinajstić information content (AvgIpc) is 3.82. The number of pyridine rings is 1. The molecule has 2 aromatic heterocycles. The van der Waals surface area contributed by atoms with Crippen molar-refractivity contribution in [3.63, 3.8) is 0 Å². The Bertz CT molecular complexity index is 3300. The lowest BCUT2D eigenvalue weighted by Crippen LogP contribution is -2.47. The molecule has 17 nitrogen and oxygen atoms in total. The standard InChI is InChI=1S/C50H58ClF3N8O9S3/c1-33(15-18-60-23-25-72(65,26-24-60)59-48(64)70-4)57-43-12-10-40(29-45(43)73(66,67)50(52,53)54)74(68,69)58-47(63)41-11-9-38(28-44(41)71-39-27-35-14-17-55-46(35)56-31-39)62-21-19-61(20-22-62)32-36-13-16-49(2,3)30-42(36)34-5-7-37(51)8-6-34/h5-12,14,17,27-29,31,33,57H,13,15-16,18-26,30,32H2,1-4H3,(H,55,56)(H,58,63)/t33-/m0/s1. The number of carbonyl (C=O) groups is 2. The van der Waals surface area contributed by atoms with E-state index in [1.54, 1.807) is 37.4 Å². The number of methoxy groups -OCH3 is 1. The molecular weight excluding hydrogens is 1050 g/mol. The van der Waals surface area contributed by atoms with Crippen LogP contribution in [-0.4, -0.2) is 135 Å². The number of alkyl halides is 3. The molecule has 5 aromatic rings. The van der Waals surface area contributed by atoms with Crippen LogP contribution in [0.5, 0.6) is 11.5 Å². The minimum absolute atomic E-state index is 0.0416. The van der Waals surface area contributed by atoms with E-state index in [-0.39, 0.29) is 40.4 Å². The van der Waals surface area contributed by atoms with E-state index in [1.807, 2.05) is 21.8 Å². The molecule has 0 spiro atoms. The van der Waals surface area contributed by atoms with E-state index in [2.05, 4.69) is 60.2 Å². The number of anilines is 2. The number of sulfonamides is 1. The molecule has 24 heteroatoms. The van der Waals surface area contributed by atoms with E-state index < -0.39 is 68.6 Å². The Morgan fingerprint density at radius 2 is 1.66 bits per heavy atom. The number of halogens is 4. The van der Waals surface area contributed by atoms with Gasteiger partial charge in [-0.05, 0) is 104 Å². The lowest BCUT2D eigenvalue weighted by atomic mass is 9.72. The molecule has 398 valence electrons. The molecule has 0 unspecified atom stereocenters. The monoisotopic (exact) mass is 1100 g/mol. The Hall–Kier alpha value is -5.72. The molecule has 3 aliphatic rings. The van der Waals surface area contributed by atoms with Crippen LogP contribution in [0.4, 0.5) is 29.3 Å². The van der Waals surface area contributed by atoms with Crippen LogP contribution in [0.1, 0.15) is 62.4 Å². The normalized spacial score (nSPS) is 18.2. The molecule has 0 radical (unpaired) electrons. The maximum absolute atomic E-state index is 14.2. The minimum Gasteiger partial charge on any atom is -0.455 e. The topological polar surface area (TPSA) is 213 Å². The highest BCUT2D eigenvalue weighted by molar-refractivity contribution is 7.94. The van der Waals surface area contributed by atoms with Gasteiger partial charge in [-0.15, -0.1) is 4.36 Å². The SMILES string of the molecule is COC(=O)N=S1(=O)CCN(CC[C@H](C)Nc2ccc(S(=O)(=O)NC(=O)c3ccc(N4CCN(CC5=C(c6ccc(Cl)cc6)CC(C)(C)CC5)CC4)cc3Oc3cnc4[nH]ccc4c3)cc2S(=O)(=O)C(F)(F)F)CC1. The smallest absolute Gasteiger partial charge is 0.455 e. The van der Waals surface area contributed by atoms with E-state index in [9.17, 15) is 43.8 Å². The number of ether oxygens (including phenoxy) is 2. The van der Waals surface area contributed by atoms with Crippen molar-refractivity contribution in [3.05, 3.63) is 107 Å². The van der Waals surface area contributed by atoms with Gasteiger partial charge in [-0.2, -0.15) is 13.2 Å². The number of rotatable bonds is 15. The number of fused-ring (bicyclic) bond motifs is 1. The van der Waals surface area contributed by atoms with Crippen LogP contribution in [0.3, 0.4) is 0 Å². The second-order valence-corrected chi connectivity index (χ2v) is 26.1. The number of allylic oxidation sites excluding steroid dienone is 1. The van der Waals surface area contributed by atoms with Gasteiger partial charge in [0.25, 0.3) is 25.8 Å². The molecule has 3 N–H and O–H groups in total. The first-order chi connectivity index (χ1) is 34.9. The first-order valence-electron chi connectivity index (χ1n) is 23.9. The van der Waals surface area contributed by atoms with Crippen molar-refractivity contribution in [2.24, 2.45) is 9.78 Å². The van der Waals surface area contributed by atoms with Crippen LogP contribution in [0, 0.1) is 5.41 Å². The number of aromatic amines is 1. The molecule has 74 heavy (non-hydrogen) atoms. The predicted molar refractivity (Wildman–Crippen MR) is 278 cm³/mol. The van der Waals surface area contributed by atoms with Gasteiger partial charge in [0, 0.05) is 98.3 Å². The summed E-state index contributed by atoms with van der Waals surface area (Å²) in [6.45, 7) is 10.7. The Morgan fingerprint density at radius 1 is 0.946 bits per heavy atom. The van der Waals surface area contributed by atoms with Gasteiger partial charge in [0.05, 0.1) is 39.2 Å². The summed E-state index contributed by atoms with van der Waals surface area (Å²) in [6.07, 6.45) is 5.48. The Kier molecular flexibility index (Phi) is 16.1. The van der Waals surface area contributed by atoms with E-state index in [0.717, 1.165) is 58.1 Å². The molecular formula is C50H58ClF3N8O9S3. The van der Waals surface area contributed by atoms with Gasteiger partial charge in [0.1, 0.15) is 22.0 Å². The van der Waals surface area contributed by atoms with E-state index in [0.29, 0.717) is 60.5 Å². The fraction of sp³-hybridized carbons (Fsp3) is 0.420. The third-order valence-corrected chi connectivity index (χ3v) is 18.8. The highest BCUT2D eigenvalue weighted by Gasteiger charge is 2.48. The van der Waals surface area contributed by atoms with Crippen LogP contribution in [0.15, 0.2) is 105 Å².